The molecule has 0 aromatic rings. The van der Waals surface area contributed by atoms with Crippen LogP contribution >= 0.6 is 0 Å². The van der Waals surface area contributed by atoms with Crippen LogP contribution in [0.15, 0.2) is 9.64 Å². The van der Waals surface area contributed by atoms with E-state index >= 15 is 0 Å². The second-order valence-corrected chi connectivity index (χ2v) is 45.4. The molecule has 1 heterocycles. The van der Waals surface area contributed by atoms with Crippen LogP contribution in [0.25, 0.3) is 0 Å². The fraction of sp³-hybridized carbons (Fsp3) is 0.889. The first-order chi connectivity index (χ1) is 10.1. The molecule has 0 aromatic heterocycles. The summed E-state index contributed by atoms with van der Waals surface area (Å²) < 4.78 is 0.795. The summed E-state index contributed by atoms with van der Waals surface area (Å²) in [5, 5.41) is 0. The molecule has 0 aromatic carbocycles. The molecule has 6 heteroatoms. The third kappa shape index (κ3) is 3.56. The molecule has 0 amide bonds. The van der Waals surface area contributed by atoms with Gasteiger partial charge in [-0.3, -0.25) is 0 Å². The van der Waals surface area contributed by atoms with Crippen LogP contribution in [0.4, 0.5) is 0 Å². The van der Waals surface area contributed by atoms with E-state index in [1.165, 1.54) is 0 Å². The van der Waals surface area contributed by atoms with Gasteiger partial charge in [0.1, 0.15) is 0 Å². The lowest BCUT2D eigenvalue weighted by Crippen LogP contribution is -2.71. The lowest BCUT2D eigenvalue weighted by molar-refractivity contribution is 1.23. The zero-order chi connectivity index (χ0) is 19.7. The van der Waals surface area contributed by atoms with Crippen LogP contribution in [0.1, 0.15) is 0 Å². The summed E-state index contributed by atoms with van der Waals surface area (Å²) >= 11 is 0. The summed E-state index contributed by atoms with van der Waals surface area (Å²) in [6.45, 7) is 40.5. The van der Waals surface area contributed by atoms with Crippen LogP contribution in [0, 0.1) is 0 Å². The molecule has 1 aliphatic heterocycles. The largest absolute Gasteiger partial charge is 0.0982 e. The minimum atomic E-state index is -1.28. The van der Waals surface area contributed by atoms with Gasteiger partial charge in [-0.15, -0.1) is 0 Å². The maximum Gasteiger partial charge on any atom is 0.0982 e. The van der Waals surface area contributed by atoms with Gasteiger partial charge in [0.25, 0.3) is 0 Å². The fourth-order valence-corrected chi connectivity index (χ4v) is 63.0. The molecule has 0 N–H and O–H groups in total. The van der Waals surface area contributed by atoms with Crippen molar-refractivity contribution in [3.63, 3.8) is 0 Å². The van der Waals surface area contributed by atoms with E-state index in [0.717, 1.165) is 3.91 Å². The van der Waals surface area contributed by atoms with E-state index in [1.807, 2.05) is 0 Å². The molecule has 0 bridgehead atoms. The summed E-state index contributed by atoms with van der Waals surface area (Å²) in [6.07, 6.45) is 0. The van der Waals surface area contributed by atoms with Crippen molar-refractivity contribution in [2.24, 2.45) is 0 Å². The van der Waals surface area contributed by atoms with Crippen LogP contribution in [0.2, 0.25) is 102 Å². The van der Waals surface area contributed by atoms with Crippen molar-refractivity contribution in [2.75, 3.05) is 0 Å². The molecular weight excluding hydrogens is 385 g/mol. The minimum Gasteiger partial charge on any atom is -0.0964 e. The van der Waals surface area contributed by atoms with Gasteiger partial charge in [0.05, 0.1) is 24.9 Å². The third-order valence-electron chi connectivity index (χ3n) is 5.94. The van der Waals surface area contributed by atoms with Crippen LogP contribution < -0.4 is 0 Å². The van der Waals surface area contributed by atoms with E-state index in [1.54, 1.807) is 0 Å². The molecule has 0 aliphatic carbocycles. The highest BCUT2D eigenvalue weighted by Crippen LogP contribution is 2.65. The standard InChI is InChI=1S/C18H45Si6/c1-20(2,3)16-17(21(4,5)6)19(16)18(22(7,8)9,23(10,11)12)24(13,14)15/h1-15H3. The van der Waals surface area contributed by atoms with Gasteiger partial charge in [0.15, 0.2) is 0 Å². The molecule has 0 atom stereocenters. The van der Waals surface area contributed by atoms with Crippen molar-refractivity contribution in [3.8, 4) is 0 Å². The van der Waals surface area contributed by atoms with Crippen LogP contribution in [-0.4, -0.2) is 49.2 Å². The van der Waals surface area contributed by atoms with E-state index in [9.17, 15) is 0 Å². The van der Waals surface area contributed by atoms with Crippen LogP contribution in [-0.2, 0) is 0 Å². The van der Waals surface area contributed by atoms with Crippen molar-refractivity contribution in [1.29, 1.82) is 0 Å². The Hall–Kier alpha value is 1.04. The molecule has 0 unspecified atom stereocenters. The van der Waals surface area contributed by atoms with Gasteiger partial charge in [-0.1, -0.05) is 108 Å². The zero-order valence-electron chi connectivity index (χ0n) is 19.5. The molecule has 0 fully saturated rings. The molecule has 24 heavy (non-hydrogen) atoms. The molecule has 141 valence electrons. The van der Waals surface area contributed by atoms with E-state index in [4.69, 9.17) is 0 Å². The molecule has 1 radical (unpaired) electrons. The van der Waals surface area contributed by atoms with Crippen molar-refractivity contribution in [2.45, 2.75) is 102 Å². The van der Waals surface area contributed by atoms with E-state index < -0.39 is 49.2 Å². The smallest absolute Gasteiger partial charge is 0.0964 e. The molecular formula is C18H45Si6. The van der Waals surface area contributed by atoms with E-state index in [2.05, 4.69) is 108 Å². The molecule has 0 saturated carbocycles. The Balaban J connectivity index is 3.79. The van der Waals surface area contributed by atoms with Gasteiger partial charge >= 0.3 is 0 Å². The molecule has 0 spiro atoms. The van der Waals surface area contributed by atoms with Crippen LogP contribution in [0.3, 0.4) is 0 Å². The molecule has 1 rings (SSSR count). The first-order valence-electron chi connectivity index (χ1n) is 9.75. The Morgan fingerprint density at radius 3 is 0.792 bits per heavy atom. The Kier molecular flexibility index (Phi) is 5.79. The molecule has 0 nitrogen and oxygen atoms in total. The summed E-state index contributed by atoms with van der Waals surface area (Å²) in [4.78, 5) is 4.28. The average Bonchev–Trinajstić information content (AvgIpc) is 2.83. The normalized spacial score (nSPS) is 19.1. The van der Waals surface area contributed by atoms with Crippen molar-refractivity contribution < 1.29 is 0 Å². The second kappa shape index (κ2) is 6.02. The quantitative estimate of drug-likeness (QED) is 0.399. The van der Waals surface area contributed by atoms with Gasteiger partial charge in [0.2, 0.25) is 0 Å². The predicted octanol–water partition coefficient (Wildman–Crippen LogP) is 7.00. The van der Waals surface area contributed by atoms with Gasteiger partial charge in [0, 0.05) is 24.2 Å². The van der Waals surface area contributed by atoms with E-state index in [0.29, 0.717) is 0 Å². The van der Waals surface area contributed by atoms with Gasteiger partial charge < -0.3 is 0 Å². The highest BCUT2D eigenvalue weighted by molar-refractivity contribution is 7.37. The Labute approximate surface area is 160 Å². The monoisotopic (exact) mass is 429 g/mol. The first kappa shape index (κ1) is 23.1. The number of hydrogen-bond donors (Lipinski definition) is 0. The SMILES string of the molecule is C[Si](C)(C)C1=C([Si](C)(C)C)[Si]1C([Si](C)(C)C)([Si](C)(C)C)[Si](C)(C)C. The first-order valence-corrected chi connectivity index (χ1v) is 28.8. The lowest BCUT2D eigenvalue weighted by atomic mass is 11.2. The summed E-state index contributed by atoms with van der Waals surface area (Å²) in [5.41, 5.74) is 0. The molecule has 0 saturated heterocycles. The zero-order valence-corrected chi connectivity index (χ0v) is 25.5. The van der Waals surface area contributed by atoms with Crippen molar-refractivity contribution in [1.82, 2.24) is 0 Å². The topological polar surface area (TPSA) is 0 Å². The van der Waals surface area contributed by atoms with E-state index in [-0.39, 0.29) is 0 Å². The van der Waals surface area contributed by atoms with Crippen molar-refractivity contribution in [3.05, 3.63) is 9.64 Å². The Morgan fingerprint density at radius 1 is 0.458 bits per heavy atom. The highest BCUT2D eigenvalue weighted by atomic mass is 28.5. The fourth-order valence-electron chi connectivity index (χ4n) is 6.56. The van der Waals surface area contributed by atoms with Crippen molar-refractivity contribution >= 4 is 49.2 Å². The van der Waals surface area contributed by atoms with Gasteiger partial charge in [-0.05, 0) is 3.91 Å². The predicted molar refractivity (Wildman–Crippen MR) is 132 cm³/mol. The summed E-state index contributed by atoms with van der Waals surface area (Å²) in [6, 6.07) is 0. The lowest BCUT2D eigenvalue weighted by Gasteiger charge is -2.60. The number of rotatable bonds is 6. The van der Waals surface area contributed by atoms with Crippen LogP contribution in [0.5, 0.6) is 0 Å². The van der Waals surface area contributed by atoms with Gasteiger partial charge in [-0.2, -0.15) is 0 Å². The maximum absolute atomic E-state index is 2.74. The summed E-state index contributed by atoms with van der Waals surface area (Å²) in [7, 11) is -6.60. The molecule has 1 aliphatic rings. The second-order valence-electron chi connectivity index (χ2n) is 13.1. The highest BCUT2D eigenvalue weighted by Gasteiger charge is 2.71. The number of hydrogen-bond acceptors (Lipinski definition) is 0. The maximum atomic E-state index is 2.74. The minimum absolute atomic E-state index is 0.404. The Bertz CT molecular complexity index is 466. The Morgan fingerprint density at radius 2 is 0.667 bits per heavy atom. The average molecular weight is 430 g/mol. The third-order valence-corrected chi connectivity index (χ3v) is 47.4. The van der Waals surface area contributed by atoms with Gasteiger partial charge in [-0.25, -0.2) is 0 Å². The summed E-state index contributed by atoms with van der Waals surface area (Å²) in [5.74, 6) is 0.